The van der Waals surface area contributed by atoms with Crippen molar-refractivity contribution in [3.8, 4) is 5.88 Å². The number of pyridine rings is 1. The van der Waals surface area contributed by atoms with E-state index in [2.05, 4.69) is 0 Å². The lowest BCUT2D eigenvalue weighted by Gasteiger charge is -2.04. The van der Waals surface area contributed by atoms with Gasteiger partial charge in [-0.05, 0) is 6.07 Å². The number of aromatic nitrogens is 1. The number of aryl methyl sites for hydroxylation is 1. The van der Waals surface area contributed by atoms with Gasteiger partial charge in [-0.2, -0.15) is 4.57 Å². The molecule has 0 aliphatic carbocycles. The molecule has 82 valence electrons. The largest absolute Gasteiger partial charge is 0.478 e. The Balaban J connectivity index is 2.90. The molecule has 0 aliphatic heterocycles. The first kappa shape index (κ1) is 10.4. The van der Waals surface area contributed by atoms with E-state index in [1.807, 2.05) is 29.8 Å². The number of aromatic carboxylic acids is 1. The number of nitrogens with zero attached hydrogens (tertiary/aromatic N) is 1. The Kier molecular flexibility index (Phi) is 2.48. The first-order chi connectivity index (χ1) is 7.65. The maximum Gasteiger partial charge on any atom is 0.368 e. The van der Waals surface area contributed by atoms with Crippen LogP contribution in [0.2, 0.25) is 0 Å². The van der Waals surface area contributed by atoms with Crippen LogP contribution in [0, 0.1) is 0 Å². The van der Waals surface area contributed by atoms with Gasteiger partial charge in [0.1, 0.15) is 7.05 Å². The fourth-order valence-electron chi connectivity index (χ4n) is 1.78. The maximum atomic E-state index is 11.1. The Bertz CT molecular complexity index is 563. The lowest BCUT2D eigenvalue weighted by molar-refractivity contribution is -0.650. The molecule has 0 spiro atoms. The van der Waals surface area contributed by atoms with Gasteiger partial charge in [-0.25, -0.2) is 4.79 Å². The van der Waals surface area contributed by atoms with Gasteiger partial charge in [0.15, 0.2) is 0 Å². The van der Waals surface area contributed by atoms with Crippen molar-refractivity contribution >= 4 is 16.9 Å². The van der Waals surface area contributed by atoms with Crippen molar-refractivity contribution in [1.82, 2.24) is 0 Å². The zero-order chi connectivity index (χ0) is 11.7. The molecule has 4 nitrogen and oxygen atoms in total. The Hall–Kier alpha value is -2.10. The fraction of sp³-hybridized carbons (Fsp3) is 0.167. The quantitative estimate of drug-likeness (QED) is 0.774. The number of hydrogen-bond acceptors (Lipinski definition) is 2. The highest BCUT2D eigenvalue weighted by atomic mass is 16.5. The smallest absolute Gasteiger partial charge is 0.368 e. The third-order valence-electron chi connectivity index (χ3n) is 2.59. The van der Waals surface area contributed by atoms with Crippen LogP contribution in [0.15, 0.2) is 30.3 Å². The monoisotopic (exact) mass is 218 g/mol. The van der Waals surface area contributed by atoms with Gasteiger partial charge in [0.2, 0.25) is 5.52 Å². The number of carboxylic acid groups (broad SMARTS) is 1. The van der Waals surface area contributed by atoms with Gasteiger partial charge in [-0.3, -0.25) is 0 Å². The average molecular weight is 218 g/mol. The molecule has 2 aromatic rings. The van der Waals surface area contributed by atoms with Crippen LogP contribution in [0.4, 0.5) is 0 Å². The summed E-state index contributed by atoms with van der Waals surface area (Å²) in [5, 5.41) is 9.84. The van der Waals surface area contributed by atoms with Crippen LogP contribution in [0.5, 0.6) is 5.88 Å². The molecule has 1 aromatic heterocycles. The van der Waals surface area contributed by atoms with Crippen LogP contribution in [0.3, 0.4) is 0 Å². The lowest BCUT2D eigenvalue weighted by atomic mass is 10.1. The Morgan fingerprint density at radius 2 is 2.06 bits per heavy atom. The van der Waals surface area contributed by atoms with Crippen molar-refractivity contribution in [3.05, 3.63) is 35.9 Å². The summed E-state index contributed by atoms with van der Waals surface area (Å²) in [6.45, 7) is 0. The molecule has 0 bridgehead atoms. The summed E-state index contributed by atoms with van der Waals surface area (Å²) in [4.78, 5) is 11.1. The highest BCUT2D eigenvalue weighted by Gasteiger charge is 2.19. The summed E-state index contributed by atoms with van der Waals surface area (Å²) in [5.74, 6) is -0.425. The molecule has 0 atom stereocenters. The molecular formula is C12H12NO3+. The summed E-state index contributed by atoms with van der Waals surface area (Å²) in [6, 6.07) is 8.88. The topological polar surface area (TPSA) is 50.4 Å². The minimum absolute atomic E-state index is 0.255. The van der Waals surface area contributed by atoms with Crippen LogP contribution in [0.1, 0.15) is 10.4 Å². The van der Waals surface area contributed by atoms with Gasteiger partial charge in [0.05, 0.1) is 24.1 Å². The highest BCUT2D eigenvalue weighted by Crippen LogP contribution is 2.19. The summed E-state index contributed by atoms with van der Waals surface area (Å²) in [6.07, 6.45) is 0. The fourth-order valence-corrected chi connectivity index (χ4v) is 1.78. The van der Waals surface area contributed by atoms with Crippen molar-refractivity contribution < 1.29 is 19.2 Å². The second kappa shape index (κ2) is 3.81. The molecule has 0 radical (unpaired) electrons. The lowest BCUT2D eigenvalue weighted by Crippen LogP contribution is -2.32. The molecule has 0 saturated carbocycles. The van der Waals surface area contributed by atoms with Crippen molar-refractivity contribution in [1.29, 1.82) is 0 Å². The molecular weight excluding hydrogens is 206 g/mol. The molecule has 1 aromatic carbocycles. The number of methoxy groups -OCH3 is 1. The van der Waals surface area contributed by atoms with Crippen LogP contribution in [-0.2, 0) is 7.05 Å². The number of hydrogen-bond donors (Lipinski definition) is 1. The molecule has 0 saturated heterocycles. The Labute approximate surface area is 92.7 Å². The Morgan fingerprint density at radius 3 is 2.69 bits per heavy atom. The molecule has 16 heavy (non-hydrogen) atoms. The van der Waals surface area contributed by atoms with E-state index in [0.717, 1.165) is 5.52 Å². The van der Waals surface area contributed by atoms with E-state index < -0.39 is 5.97 Å². The third kappa shape index (κ3) is 1.48. The van der Waals surface area contributed by atoms with Crippen LogP contribution >= 0.6 is 0 Å². The number of carboxylic acids is 1. The number of benzene rings is 1. The number of ether oxygens (including phenoxy) is 1. The molecule has 0 fully saturated rings. The minimum Gasteiger partial charge on any atom is -0.478 e. The van der Waals surface area contributed by atoms with Crippen molar-refractivity contribution in [2.75, 3.05) is 7.11 Å². The first-order valence-electron chi connectivity index (χ1n) is 4.84. The number of rotatable bonds is 2. The molecule has 4 heteroatoms. The maximum absolute atomic E-state index is 11.1. The van der Waals surface area contributed by atoms with Gasteiger partial charge in [-0.15, -0.1) is 0 Å². The van der Waals surface area contributed by atoms with Crippen LogP contribution in [-0.4, -0.2) is 18.2 Å². The van der Waals surface area contributed by atoms with Gasteiger partial charge in [0, 0.05) is 6.07 Å². The summed E-state index contributed by atoms with van der Waals surface area (Å²) in [5.41, 5.74) is 1.09. The number of fused-ring (bicyclic) bond motifs is 1. The van der Waals surface area contributed by atoms with Crippen molar-refractivity contribution in [2.45, 2.75) is 0 Å². The van der Waals surface area contributed by atoms with E-state index in [-0.39, 0.29) is 5.56 Å². The molecule has 0 aliphatic rings. The van der Waals surface area contributed by atoms with E-state index in [1.54, 1.807) is 6.07 Å². The zero-order valence-corrected chi connectivity index (χ0v) is 9.10. The van der Waals surface area contributed by atoms with Crippen molar-refractivity contribution in [3.63, 3.8) is 0 Å². The standard InChI is InChI=1S/C12H11NO3/c1-13-10-6-4-3-5-8(10)9(12(14)15)7-11(13)16-2/h3-7H,1-2H3/p+1. The zero-order valence-electron chi connectivity index (χ0n) is 9.10. The van der Waals surface area contributed by atoms with E-state index in [9.17, 15) is 4.79 Å². The number of para-hydroxylation sites is 1. The van der Waals surface area contributed by atoms with Gasteiger partial charge in [0.25, 0.3) is 0 Å². The van der Waals surface area contributed by atoms with Crippen LogP contribution < -0.4 is 9.30 Å². The molecule has 2 rings (SSSR count). The summed E-state index contributed by atoms with van der Waals surface area (Å²) < 4.78 is 6.96. The molecule has 0 unspecified atom stereocenters. The SMILES string of the molecule is COc1cc(C(=O)O)c2ccccc2[n+]1C. The predicted molar refractivity (Wildman–Crippen MR) is 58.6 cm³/mol. The normalized spacial score (nSPS) is 10.4. The molecule has 1 N–H and O–H groups in total. The van der Waals surface area contributed by atoms with Gasteiger partial charge < -0.3 is 9.84 Å². The number of carbonyl (C=O) groups is 1. The second-order valence-electron chi connectivity index (χ2n) is 3.48. The van der Waals surface area contributed by atoms with Crippen LogP contribution in [0.25, 0.3) is 10.9 Å². The van der Waals surface area contributed by atoms with E-state index in [0.29, 0.717) is 11.3 Å². The minimum atomic E-state index is -0.949. The van der Waals surface area contributed by atoms with E-state index in [4.69, 9.17) is 9.84 Å². The Morgan fingerprint density at radius 1 is 1.38 bits per heavy atom. The highest BCUT2D eigenvalue weighted by molar-refractivity contribution is 6.01. The average Bonchev–Trinajstić information content (AvgIpc) is 2.29. The third-order valence-corrected chi connectivity index (χ3v) is 2.59. The van der Waals surface area contributed by atoms with Gasteiger partial charge in [-0.1, -0.05) is 12.1 Å². The summed E-state index contributed by atoms with van der Waals surface area (Å²) in [7, 11) is 3.36. The summed E-state index contributed by atoms with van der Waals surface area (Å²) >= 11 is 0. The second-order valence-corrected chi connectivity index (χ2v) is 3.48. The predicted octanol–water partition coefficient (Wildman–Crippen LogP) is 1.37. The molecule has 0 amide bonds. The van der Waals surface area contributed by atoms with Gasteiger partial charge >= 0.3 is 11.8 Å². The van der Waals surface area contributed by atoms with Crippen molar-refractivity contribution in [2.24, 2.45) is 7.05 Å². The van der Waals surface area contributed by atoms with E-state index >= 15 is 0 Å². The molecule has 1 heterocycles. The first-order valence-corrected chi connectivity index (χ1v) is 4.84. The van der Waals surface area contributed by atoms with E-state index in [1.165, 1.54) is 13.2 Å².